The van der Waals surface area contributed by atoms with Gasteiger partial charge in [0.1, 0.15) is 5.82 Å². The molecule has 5 heteroatoms. The summed E-state index contributed by atoms with van der Waals surface area (Å²) in [6.45, 7) is 0.256. The third kappa shape index (κ3) is 3.81. The van der Waals surface area contributed by atoms with Gasteiger partial charge in [-0.05, 0) is 62.1 Å². The molecule has 4 nitrogen and oxygen atoms in total. The number of carbonyl (C=O) groups excluding carboxylic acids is 1. The van der Waals surface area contributed by atoms with Crippen LogP contribution in [0.4, 0.5) is 4.39 Å². The zero-order chi connectivity index (χ0) is 19.3. The highest BCUT2D eigenvalue weighted by atomic mass is 19.1. The minimum atomic E-state index is -0.292. The van der Waals surface area contributed by atoms with Crippen LogP contribution in [0.5, 0.6) is 0 Å². The molecule has 0 unspecified atom stereocenters. The highest BCUT2D eigenvalue weighted by Gasteiger charge is 2.25. The van der Waals surface area contributed by atoms with Crippen molar-refractivity contribution in [3.63, 3.8) is 0 Å². The number of nitrogens with zero attached hydrogens (tertiary/aromatic N) is 2. The summed E-state index contributed by atoms with van der Waals surface area (Å²) in [6.07, 6.45) is 3.79. The maximum Gasteiger partial charge on any atom is 0.272 e. The summed E-state index contributed by atoms with van der Waals surface area (Å²) in [6, 6.07) is 15.8. The van der Waals surface area contributed by atoms with Crippen LogP contribution in [0.15, 0.2) is 54.6 Å². The fourth-order valence-electron chi connectivity index (χ4n) is 3.45. The van der Waals surface area contributed by atoms with Crippen LogP contribution in [-0.4, -0.2) is 22.2 Å². The van der Waals surface area contributed by atoms with Gasteiger partial charge in [0.15, 0.2) is 5.69 Å². The molecule has 0 bridgehead atoms. The Morgan fingerprint density at radius 3 is 2.61 bits per heavy atom. The molecular weight excluding hydrogens is 353 g/mol. The van der Waals surface area contributed by atoms with Crippen LogP contribution >= 0.6 is 0 Å². The molecule has 1 amide bonds. The van der Waals surface area contributed by atoms with Crippen molar-refractivity contribution in [1.82, 2.24) is 15.1 Å². The third-order valence-corrected chi connectivity index (χ3v) is 4.81. The molecule has 1 aliphatic carbocycles. The lowest BCUT2D eigenvalue weighted by molar-refractivity contribution is 0.0952. The summed E-state index contributed by atoms with van der Waals surface area (Å²) < 4.78 is 15.0. The number of carbonyl (C=O) groups is 1. The van der Waals surface area contributed by atoms with Crippen molar-refractivity contribution in [2.75, 3.05) is 6.54 Å². The standard InChI is InChI=1S/C23H20FN3O/c24-18-12-14-19(15-13-18)27-21-11-5-4-10-20(21)22(26-27)23(28)25-16-6-9-17-7-2-1-3-8-17/h1-3,7-8,12-15H,4-5,10-11,16H2,(H,25,28). The van der Waals surface area contributed by atoms with Gasteiger partial charge in [0, 0.05) is 16.8 Å². The van der Waals surface area contributed by atoms with Gasteiger partial charge in [-0.25, -0.2) is 9.07 Å². The SMILES string of the molecule is O=C(NCC#Cc1ccccc1)c1nn(-c2ccc(F)cc2)c2c1CCCC2. The van der Waals surface area contributed by atoms with Gasteiger partial charge in [-0.15, -0.1) is 0 Å². The highest BCUT2D eigenvalue weighted by molar-refractivity contribution is 5.94. The second-order valence-corrected chi connectivity index (χ2v) is 6.72. The predicted molar refractivity (Wildman–Crippen MR) is 106 cm³/mol. The van der Waals surface area contributed by atoms with E-state index in [9.17, 15) is 9.18 Å². The lowest BCUT2D eigenvalue weighted by Crippen LogP contribution is -2.25. The van der Waals surface area contributed by atoms with Crippen LogP contribution in [-0.2, 0) is 12.8 Å². The number of fused-ring (bicyclic) bond motifs is 1. The van der Waals surface area contributed by atoms with Gasteiger partial charge in [0.25, 0.3) is 5.91 Å². The molecule has 4 rings (SSSR count). The number of hydrogen-bond acceptors (Lipinski definition) is 2. The number of benzene rings is 2. The van der Waals surface area contributed by atoms with Crippen molar-refractivity contribution in [1.29, 1.82) is 0 Å². The first-order valence-corrected chi connectivity index (χ1v) is 9.41. The first kappa shape index (κ1) is 18.0. The summed E-state index contributed by atoms with van der Waals surface area (Å²) in [7, 11) is 0. The van der Waals surface area contributed by atoms with E-state index >= 15 is 0 Å². The number of amides is 1. The normalized spacial score (nSPS) is 12.6. The number of halogens is 1. The monoisotopic (exact) mass is 373 g/mol. The van der Waals surface area contributed by atoms with E-state index in [1.165, 1.54) is 12.1 Å². The summed E-state index contributed by atoms with van der Waals surface area (Å²) in [4.78, 5) is 12.7. The molecular formula is C23H20FN3O. The Bertz CT molecular complexity index is 1040. The molecule has 0 saturated heterocycles. The third-order valence-electron chi connectivity index (χ3n) is 4.81. The highest BCUT2D eigenvalue weighted by Crippen LogP contribution is 2.27. The van der Waals surface area contributed by atoms with Gasteiger partial charge >= 0.3 is 0 Å². The van der Waals surface area contributed by atoms with Crippen LogP contribution in [0.25, 0.3) is 5.69 Å². The molecule has 1 heterocycles. The Morgan fingerprint density at radius 2 is 1.82 bits per heavy atom. The molecule has 1 N–H and O–H groups in total. The number of nitrogens with one attached hydrogen (secondary N) is 1. The number of aromatic nitrogens is 2. The van der Waals surface area contributed by atoms with Crippen molar-refractivity contribution < 1.29 is 9.18 Å². The summed E-state index contributed by atoms with van der Waals surface area (Å²) in [5, 5.41) is 7.41. The Hall–Kier alpha value is -3.39. The van der Waals surface area contributed by atoms with Gasteiger partial charge in [-0.3, -0.25) is 4.79 Å². The first-order valence-electron chi connectivity index (χ1n) is 9.41. The predicted octanol–water partition coefficient (Wildman–Crippen LogP) is 3.67. The molecule has 140 valence electrons. The largest absolute Gasteiger partial charge is 0.340 e. The summed E-state index contributed by atoms with van der Waals surface area (Å²) in [5.74, 6) is 5.48. The quantitative estimate of drug-likeness (QED) is 0.712. The second kappa shape index (κ2) is 8.10. The molecule has 2 aromatic carbocycles. The average molecular weight is 373 g/mol. The minimum absolute atomic E-state index is 0.221. The molecule has 0 fully saturated rings. The van der Waals surface area contributed by atoms with Crippen molar-refractivity contribution in [2.45, 2.75) is 25.7 Å². The molecule has 1 aliphatic rings. The minimum Gasteiger partial charge on any atom is -0.340 e. The first-order chi connectivity index (χ1) is 13.7. The van der Waals surface area contributed by atoms with Crippen molar-refractivity contribution in [2.24, 2.45) is 0 Å². The molecule has 0 radical (unpaired) electrons. The number of hydrogen-bond donors (Lipinski definition) is 1. The zero-order valence-corrected chi connectivity index (χ0v) is 15.4. The fourth-order valence-corrected chi connectivity index (χ4v) is 3.45. The summed E-state index contributed by atoms with van der Waals surface area (Å²) >= 11 is 0. The van der Waals surface area contributed by atoms with E-state index in [1.54, 1.807) is 16.8 Å². The van der Waals surface area contributed by atoms with Gasteiger partial charge in [-0.2, -0.15) is 5.10 Å². The average Bonchev–Trinajstić information content (AvgIpc) is 3.12. The Balaban J connectivity index is 1.55. The van der Waals surface area contributed by atoms with E-state index < -0.39 is 0 Å². The van der Waals surface area contributed by atoms with Crippen LogP contribution in [0.2, 0.25) is 0 Å². The topological polar surface area (TPSA) is 46.9 Å². The van der Waals surface area contributed by atoms with Crippen LogP contribution < -0.4 is 5.32 Å². The number of rotatable bonds is 3. The van der Waals surface area contributed by atoms with Crippen molar-refractivity contribution in [3.8, 4) is 17.5 Å². The zero-order valence-electron chi connectivity index (χ0n) is 15.4. The summed E-state index contributed by atoms with van der Waals surface area (Å²) in [5.41, 5.74) is 4.15. The van der Waals surface area contributed by atoms with E-state index in [2.05, 4.69) is 22.3 Å². The van der Waals surface area contributed by atoms with E-state index in [0.29, 0.717) is 5.69 Å². The fraction of sp³-hybridized carbons (Fsp3) is 0.217. The van der Waals surface area contributed by atoms with E-state index in [4.69, 9.17) is 0 Å². The molecule has 0 atom stereocenters. The van der Waals surface area contributed by atoms with Gasteiger partial charge in [-0.1, -0.05) is 30.0 Å². The Kier molecular flexibility index (Phi) is 5.20. The van der Waals surface area contributed by atoms with Crippen molar-refractivity contribution in [3.05, 3.63) is 82.9 Å². The maximum absolute atomic E-state index is 13.3. The lowest BCUT2D eigenvalue weighted by Gasteiger charge is -2.14. The molecule has 0 aliphatic heterocycles. The Labute approximate surface area is 163 Å². The smallest absolute Gasteiger partial charge is 0.272 e. The molecule has 0 saturated carbocycles. The molecule has 28 heavy (non-hydrogen) atoms. The molecule has 0 spiro atoms. The maximum atomic E-state index is 13.3. The Morgan fingerprint density at radius 1 is 1.07 bits per heavy atom. The molecule has 3 aromatic rings. The van der Waals surface area contributed by atoms with E-state index in [1.807, 2.05) is 30.3 Å². The lowest BCUT2D eigenvalue weighted by atomic mass is 9.95. The van der Waals surface area contributed by atoms with E-state index in [-0.39, 0.29) is 18.3 Å². The molecule has 1 aromatic heterocycles. The van der Waals surface area contributed by atoms with Crippen molar-refractivity contribution >= 4 is 5.91 Å². The van der Waals surface area contributed by atoms with Gasteiger partial charge in [0.05, 0.1) is 12.2 Å². The van der Waals surface area contributed by atoms with Crippen LogP contribution in [0.3, 0.4) is 0 Å². The van der Waals surface area contributed by atoms with E-state index in [0.717, 1.165) is 48.2 Å². The van der Waals surface area contributed by atoms with Gasteiger partial charge < -0.3 is 5.32 Å². The van der Waals surface area contributed by atoms with Gasteiger partial charge in [0.2, 0.25) is 0 Å². The second-order valence-electron chi connectivity index (χ2n) is 6.72. The van der Waals surface area contributed by atoms with Crippen LogP contribution in [0.1, 0.15) is 40.2 Å². The van der Waals surface area contributed by atoms with Crippen LogP contribution in [0, 0.1) is 17.7 Å².